The van der Waals surface area contributed by atoms with Crippen molar-refractivity contribution >= 4 is 39.6 Å². The van der Waals surface area contributed by atoms with Gasteiger partial charge in [-0.1, -0.05) is 12.1 Å². The number of amides is 2. The quantitative estimate of drug-likeness (QED) is 0.697. The maximum Gasteiger partial charge on any atom is 0.267 e. The molecule has 0 spiro atoms. The molecule has 0 aliphatic carbocycles. The summed E-state index contributed by atoms with van der Waals surface area (Å²) in [5.74, 6) is -0.324. The van der Waals surface area contributed by atoms with Crippen molar-refractivity contribution in [1.29, 1.82) is 0 Å². The van der Waals surface area contributed by atoms with Gasteiger partial charge in [-0.3, -0.25) is 19.9 Å². The minimum absolute atomic E-state index is 0.135. The molecule has 3 heterocycles. The van der Waals surface area contributed by atoms with E-state index in [4.69, 9.17) is 0 Å². The highest BCUT2D eigenvalue weighted by Crippen LogP contribution is 2.18. The number of anilines is 1. The van der Waals surface area contributed by atoms with Crippen molar-refractivity contribution in [3.63, 3.8) is 0 Å². The number of nitrogens with zero attached hydrogens (tertiary/aromatic N) is 2. The number of thiophene rings is 1. The van der Waals surface area contributed by atoms with E-state index >= 15 is 0 Å². The van der Waals surface area contributed by atoms with Gasteiger partial charge in [0.2, 0.25) is 5.91 Å². The molecule has 0 saturated heterocycles. The Morgan fingerprint density at radius 1 is 1.08 bits per heavy atom. The summed E-state index contributed by atoms with van der Waals surface area (Å²) in [6.45, 7) is 2.29. The van der Waals surface area contributed by atoms with Crippen molar-refractivity contribution in [3.8, 4) is 0 Å². The molecular formula is C17H16N4O2S2. The molecule has 3 aromatic heterocycles. The van der Waals surface area contributed by atoms with Crippen molar-refractivity contribution in [3.05, 3.63) is 63.1 Å². The molecule has 0 aliphatic heterocycles. The first-order valence-electron chi connectivity index (χ1n) is 7.58. The molecule has 0 bridgehead atoms. The smallest absolute Gasteiger partial charge is 0.267 e. The largest absolute Gasteiger partial charge is 0.350 e. The number of hydrogen-bond donors (Lipinski definition) is 2. The fraction of sp³-hybridized carbons (Fsp3) is 0.176. The Morgan fingerprint density at radius 2 is 1.96 bits per heavy atom. The third-order valence-electron chi connectivity index (χ3n) is 3.27. The van der Waals surface area contributed by atoms with E-state index in [1.165, 1.54) is 22.7 Å². The van der Waals surface area contributed by atoms with Crippen LogP contribution < -0.4 is 10.6 Å². The molecule has 128 valence electrons. The van der Waals surface area contributed by atoms with Gasteiger partial charge in [0.25, 0.3) is 5.91 Å². The molecule has 3 aromatic rings. The lowest BCUT2D eigenvalue weighted by Gasteiger charge is -2.04. The lowest BCUT2D eigenvalue weighted by atomic mass is 10.3. The van der Waals surface area contributed by atoms with Crippen LogP contribution in [0.3, 0.4) is 0 Å². The SMILES string of the molecule is Cc1cccc(CNC(=O)Cc2csc(NC(=O)c3cccs3)n2)n1. The number of aromatic nitrogens is 2. The van der Waals surface area contributed by atoms with E-state index in [0.29, 0.717) is 22.2 Å². The van der Waals surface area contributed by atoms with Crippen molar-refractivity contribution in [1.82, 2.24) is 15.3 Å². The number of hydrogen-bond acceptors (Lipinski definition) is 6. The molecule has 0 saturated carbocycles. The second-order valence-corrected chi connectivity index (χ2v) is 7.11. The highest BCUT2D eigenvalue weighted by atomic mass is 32.1. The second-order valence-electron chi connectivity index (χ2n) is 5.30. The zero-order valence-electron chi connectivity index (χ0n) is 13.5. The molecule has 0 aromatic carbocycles. The molecule has 0 radical (unpaired) electrons. The summed E-state index contributed by atoms with van der Waals surface area (Å²) in [5, 5.41) is 9.67. The van der Waals surface area contributed by atoms with Crippen LogP contribution in [0.4, 0.5) is 5.13 Å². The Hall–Kier alpha value is -2.58. The first kappa shape index (κ1) is 17.2. The number of carbonyl (C=O) groups excluding carboxylic acids is 2. The number of pyridine rings is 1. The van der Waals surface area contributed by atoms with Gasteiger partial charge >= 0.3 is 0 Å². The first-order valence-corrected chi connectivity index (χ1v) is 9.34. The Balaban J connectivity index is 1.50. The monoisotopic (exact) mass is 372 g/mol. The third kappa shape index (κ3) is 4.94. The van der Waals surface area contributed by atoms with E-state index in [-0.39, 0.29) is 18.2 Å². The summed E-state index contributed by atoms with van der Waals surface area (Å²) in [4.78, 5) is 33.2. The molecule has 8 heteroatoms. The van der Waals surface area contributed by atoms with E-state index in [9.17, 15) is 9.59 Å². The van der Waals surface area contributed by atoms with E-state index < -0.39 is 0 Å². The van der Waals surface area contributed by atoms with Crippen LogP contribution in [0.1, 0.15) is 26.8 Å². The minimum atomic E-state index is -0.189. The van der Waals surface area contributed by atoms with Crippen LogP contribution in [0.25, 0.3) is 0 Å². The summed E-state index contributed by atoms with van der Waals surface area (Å²) in [7, 11) is 0. The Bertz CT molecular complexity index is 874. The third-order valence-corrected chi connectivity index (χ3v) is 4.95. The molecule has 2 amide bonds. The number of carbonyl (C=O) groups is 2. The van der Waals surface area contributed by atoms with Crippen LogP contribution in [-0.2, 0) is 17.8 Å². The van der Waals surface area contributed by atoms with Gasteiger partial charge in [0, 0.05) is 11.1 Å². The van der Waals surface area contributed by atoms with Gasteiger partial charge in [0.1, 0.15) is 0 Å². The van der Waals surface area contributed by atoms with Gasteiger partial charge in [-0.25, -0.2) is 4.98 Å². The standard InChI is InChI=1S/C17H16N4O2S2/c1-11-4-2-5-12(19-11)9-18-15(22)8-13-10-25-17(20-13)21-16(23)14-6-3-7-24-14/h2-7,10H,8-9H2,1H3,(H,18,22)(H,20,21,23). The Labute approximate surface area is 153 Å². The summed E-state index contributed by atoms with van der Waals surface area (Å²) >= 11 is 2.67. The molecule has 3 rings (SSSR count). The molecule has 0 aliphatic rings. The predicted molar refractivity (Wildman–Crippen MR) is 98.9 cm³/mol. The highest BCUT2D eigenvalue weighted by Gasteiger charge is 2.12. The second kappa shape index (κ2) is 8.00. The average molecular weight is 372 g/mol. The maximum absolute atomic E-state index is 12.0. The topological polar surface area (TPSA) is 84.0 Å². The molecule has 0 fully saturated rings. The van der Waals surface area contributed by atoms with E-state index in [1.807, 2.05) is 36.6 Å². The summed E-state index contributed by atoms with van der Waals surface area (Å²) in [6.07, 6.45) is 0.164. The van der Waals surface area contributed by atoms with Gasteiger partial charge < -0.3 is 5.32 Å². The van der Waals surface area contributed by atoms with Crippen LogP contribution in [0.2, 0.25) is 0 Å². The highest BCUT2D eigenvalue weighted by molar-refractivity contribution is 7.14. The summed E-state index contributed by atoms with van der Waals surface area (Å²) in [6, 6.07) is 9.26. The maximum atomic E-state index is 12.0. The fourth-order valence-electron chi connectivity index (χ4n) is 2.13. The number of thiazole rings is 1. The van der Waals surface area contributed by atoms with Crippen molar-refractivity contribution in [2.75, 3.05) is 5.32 Å². The molecule has 2 N–H and O–H groups in total. The lowest BCUT2D eigenvalue weighted by Crippen LogP contribution is -2.25. The van der Waals surface area contributed by atoms with Crippen molar-refractivity contribution < 1.29 is 9.59 Å². The normalized spacial score (nSPS) is 10.4. The summed E-state index contributed by atoms with van der Waals surface area (Å²) in [5.41, 5.74) is 2.36. The zero-order chi connectivity index (χ0) is 17.6. The van der Waals surface area contributed by atoms with Gasteiger partial charge in [-0.15, -0.1) is 22.7 Å². The zero-order valence-corrected chi connectivity index (χ0v) is 15.1. The Morgan fingerprint density at radius 3 is 2.72 bits per heavy atom. The van der Waals surface area contributed by atoms with E-state index in [1.54, 1.807) is 11.4 Å². The van der Waals surface area contributed by atoms with Gasteiger partial charge in [-0.05, 0) is 30.5 Å². The average Bonchev–Trinajstić information content (AvgIpc) is 3.25. The molecule has 25 heavy (non-hydrogen) atoms. The molecule has 0 unspecified atom stereocenters. The van der Waals surface area contributed by atoms with Gasteiger partial charge in [-0.2, -0.15) is 0 Å². The lowest BCUT2D eigenvalue weighted by molar-refractivity contribution is -0.120. The fourth-order valence-corrected chi connectivity index (χ4v) is 3.45. The molecule has 0 atom stereocenters. The minimum Gasteiger partial charge on any atom is -0.350 e. The van der Waals surface area contributed by atoms with E-state index in [0.717, 1.165) is 11.4 Å². The van der Waals surface area contributed by atoms with Crippen LogP contribution in [0.15, 0.2) is 41.1 Å². The molecule has 6 nitrogen and oxygen atoms in total. The van der Waals surface area contributed by atoms with Gasteiger partial charge in [0.15, 0.2) is 5.13 Å². The van der Waals surface area contributed by atoms with Crippen LogP contribution in [0, 0.1) is 6.92 Å². The summed E-state index contributed by atoms with van der Waals surface area (Å²) < 4.78 is 0. The van der Waals surface area contributed by atoms with Crippen LogP contribution >= 0.6 is 22.7 Å². The Kier molecular flexibility index (Phi) is 5.52. The predicted octanol–water partition coefficient (Wildman–Crippen LogP) is 3.02. The van der Waals surface area contributed by atoms with Crippen LogP contribution in [-0.4, -0.2) is 21.8 Å². The number of nitrogens with one attached hydrogen (secondary N) is 2. The first-order chi connectivity index (χ1) is 12.1. The van der Waals surface area contributed by atoms with Crippen LogP contribution in [0.5, 0.6) is 0 Å². The van der Waals surface area contributed by atoms with E-state index in [2.05, 4.69) is 20.6 Å². The molecular weight excluding hydrogens is 356 g/mol. The van der Waals surface area contributed by atoms with Crippen molar-refractivity contribution in [2.24, 2.45) is 0 Å². The number of rotatable bonds is 6. The van der Waals surface area contributed by atoms with Gasteiger partial charge in [0.05, 0.1) is 29.2 Å². The number of aryl methyl sites for hydroxylation is 1. The van der Waals surface area contributed by atoms with Crippen molar-refractivity contribution in [2.45, 2.75) is 19.9 Å².